The summed E-state index contributed by atoms with van der Waals surface area (Å²) in [4.78, 5) is 3.98. The third-order valence-corrected chi connectivity index (χ3v) is 2.85. The highest BCUT2D eigenvalue weighted by Crippen LogP contribution is 2.27. The zero-order valence-electron chi connectivity index (χ0n) is 8.83. The molecule has 0 spiro atoms. The molecule has 84 valence electrons. The number of nitrogens with zero attached hydrogens (tertiary/aromatic N) is 4. The van der Waals surface area contributed by atoms with E-state index in [-0.39, 0.29) is 6.10 Å². The standard InChI is InChI=1S/C10H13N5O/c11-8-10-14-13-9(15(10)5-4-12-8)7-3-1-2-6-16-7/h4-5,7H,1-3,6H2,(H2,11,12). The molecular formula is C10H13N5O. The molecule has 0 aromatic carbocycles. The van der Waals surface area contributed by atoms with Crippen LogP contribution in [0.5, 0.6) is 0 Å². The van der Waals surface area contributed by atoms with Gasteiger partial charge in [-0.2, -0.15) is 0 Å². The van der Waals surface area contributed by atoms with Crippen molar-refractivity contribution in [2.75, 3.05) is 12.3 Å². The first kappa shape index (κ1) is 9.53. The van der Waals surface area contributed by atoms with Gasteiger partial charge in [0.05, 0.1) is 0 Å². The second-order valence-electron chi connectivity index (χ2n) is 3.92. The molecule has 1 atom stereocenters. The number of aromatic nitrogens is 4. The molecule has 1 saturated heterocycles. The Balaban J connectivity index is 2.06. The summed E-state index contributed by atoms with van der Waals surface area (Å²) in [5.74, 6) is 1.22. The average Bonchev–Trinajstić information content (AvgIpc) is 2.75. The highest BCUT2D eigenvalue weighted by molar-refractivity contribution is 5.58. The van der Waals surface area contributed by atoms with Gasteiger partial charge in [-0.1, -0.05) is 0 Å². The minimum atomic E-state index is 0.0329. The largest absolute Gasteiger partial charge is 0.381 e. The third-order valence-electron chi connectivity index (χ3n) is 2.85. The Kier molecular flexibility index (Phi) is 2.21. The zero-order valence-corrected chi connectivity index (χ0v) is 8.83. The normalized spacial score (nSPS) is 21.4. The lowest BCUT2D eigenvalue weighted by molar-refractivity contribution is 0.00885. The van der Waals surface area contributed by atoms with Crippen LogP contribution in [-0.4, -0.2) is 26.2 Å². The van der Waals surface area contributed by atoms with Crippen molar-refractivity contribution in [2.45, 2.75) is 25.4 Å². The van der Waals surface area contributed by atoms with E-state index in [1.807, 2.05) is 10.6 Å². The van der Waals surface area contributed by atoms with Crippen LogP contribution in [0, 0.1) is 0 Å². The molecule has 16 heavy (non-hydrogen) atoms. The fourth-order valence-electron chi connectivity index (χ4n) is 2.03. The zero-order chi connectivity index (χ0) is 11.0. The van der Waals surface area contributed by atoms with E-state index in [1.165, 1.54) is 6.42 Å². The summed E-state index contributed by atoms with van der Waals surface area (Å²) < 4.78 is 7.55. The highest BCUT2D eigenvalue weighted by atomic mass is 16.5. The lowest BCUT2D eigenvalue weighted by atomic mass is 10.1. The first-order valence-electron chi connectivity index (χ1n) is 5.43. The lowest BCUT2D eigenvalue weighted by Crippen LogP contribution is -2.14. The van der Waals surface area contributed by atoms with Crippen molar-refractivity contribution in [2.24, 2.45) is 0 Å². The van der Waals surface area contributed by atoms with Crippen LogP contribution >= 0.6 is 0 Å². The van der Waals surface area contributed by atoms with Gasteiger partial charge in [-0.05, 0) is 19.3 Å². The molecule has 1 aliphatic rings. The summed E-state index contributed by atoms with van der Waals surface area (Å²) in [5, 5.41) is 8.19. The van der Waals surface area contributed by atoms with E-state index in [0.717, 1.165) is 25.3 Å². The number of ether oxygens (including phenoxy) is 1. The van der Waals surface area contributed by atoms with Crippen molar-refractivity contribution in [1.29, 1.82) is 0 Å². The highest BCUT2D eigenvalue weighted by Gasteiger charge is 2.21. The van der Waals surface area contributed by atoms with E-state index in [4.69, 9.17) is 10.5 Å². The Bertz CT molecular complexity index is 503. The van der Waals surface area contributed by atoms with Gasteiger partial charge in [0.25, 0.3) is 0 Å². The van der Waals surface area contributed by atoms with E-state index >= 15 is 0 Å². The smallest absolute Gasteiger partial charge is 0.203 e. The lowest BCUT2D eigenvalue weighted by Gasteiger charge is -2.20. The van der Waals surface area contributed by atoms with E-state index in [2.05, 4.69) is 15.2 Å². The second kappa shape index (κ2) is 3.71. The number of rotatable bonds is 1. The summed E-state index contributed by atoms with van der Waals surface area (Å²) in [5.41, 5.74) is 6.33. The van der Waals surface area contributed by atoms with Crippen LogP contribution in [0.4, 0.5) is 5.82 Å². The maximum atomic E-state index is 5.72. The molecule has 1 unspecified atom stereocenters. The van der Waals surface area contributed by atoms with Crippen molar-refractivity contribution < 1.29 is 4.74 Å². The van der Waals surface area contributed by atoms with Gasteiger partial charge in [-0.15, -0.1) is 10.2 Å². The molecule has 1 fully saturated rings. The quantitative estimate of drug-likeness (QED) is 0.772. The van der Waals surface area contributed by atoms with E-state index < -0.39 is 0 Å². The summed E-state index contributed by atoms with van der Waals surface area (Å²) in [7, 11) is 0. The molecule has 2 aromatic rings. The van der Waals surface area contributed by atoms with Crippen molar-refractivity contribution in [1.82, 2.24) is 19.6 Å². The second-order valence-corrected chi connectivity index (χ2v) is 3.92. The molecule has 6 heteroatoms. The van der Waals surface area contributed by atoms with Gasteiger partial charge in [-0.25, -0.2) is 4.98 Å². The molecule has 2 aromatic heterocycles. The Hall–Kier alpha value is -1.69. The van der Waals surface area contributed by atoms with Crippen LogP contribution in [0.15, 0.2) is 12.4 Å². The number of nitrogens with two attached hydrogens (primary N) is 1. The minimum absolute atomic E-state index is 0.0329. The van der Waals surface area contributed by atoms with Gasteiger partial charge in [0.1, 0.15) is 6.10 Å². The molecule has 2 N–H and O–H groups in total. The maximum Gasteiger partial charge on any atom is 0.203 e. The molecule has 1 aliphatic heterocycles. The molecule has 0 radical (unpaired) electrons. The Labute approximate surface area is 92.4 Å². The molecule has 0 bridgehead atoms. The SMILES string of the molecule is Nc1nccn2c(C3CCCCO3)nnc12. The first-order chi connectivity index (χ1) is 7.86. The summed E-state index contributed by atoms with van der Waals surface area (Å²) in [6, 6.07) is 0. The van der Waals surface area contributed by atoms with Crippen LogP contribution in [0.25, 0.3) is 5.65 Å². The number of hydrogen-bond acceptors (Lipinski definition) is 5. The fourth-order valence-corrected chi connectivity index (χ4v) is 2.03. The van der Waals surface area contributed by atoms with Crippen LogP contribution < -0.4 is 5.73 Å². The summed E-state index contributed by atoms with van der Waals surface area (Å²) in [6.45, 7) is 0.792. The Morgan fingerprint density at radius 1 is 1.38 bits per heavy atom. The van der Waals surface area contributed by atoms with Gasteiger partial charge >= 0.3 is 0 Å². The monoisotopic (exact) mass is 219 g/mol. The molecule has 6 nitrogen and oxygen atoms in total. The number of nitrogen functional groups attached to an aromatic ring is 1. The first-order valence-corrected chi connectivity index (χ1v) is 5.43. The predicted molar refractivity (Wildman–Crippen MR) is 57.7 cm³/mol. The number of fused-ring (bicyclic) bond motifs is 1. The summed E-state index contributed by atoms with van der Waals surface area (Å²) >= 11 is 0. The van der Waals surface area contributed by atoms with Crippen LogP contribution in [0.1, 0.15) is 31.2 Å². The predicted octanol–water partition coefficient (Wildman–Crippen LogP) is 0.948. The van der Waals surface area contributed by atoms with Crippen molar-refractivity contribution in [3.05, 3.63) is 18.2 Å². The Morgan fingerprint density at radius 2 is 2.31 bits per heavy atom. The molecule has 3 heterocycles. The number of hydrogen-bond donors (Lipinski definition) is 1. The van der Waals surface area contributed by atoms with Crippen molar-refractivity contribution in [3.63, 3.8) is 0 Å². The van der Waals surface area contributed by atoms with Crippen LogP contribution in [0.2, 0.25) is 0 Å². The van der Waals surface area contributed by atoms with Crippen LogP contribution in [-0.2, 0) is 4.74 Å². The van der Waals surface area contributed by atoms with Crippen molar-refractivity contribution >= 4 is 11.5 Å². The molecule has 0 amide bonds. The summed E-state index contributed by atoms with van der Waals surface area (Å²) in [6.07, 6.45) is 6.78. The van der Waals surface area contributed by atoms with Gasteiger partial charge in [0.15, 0.2) is 11.6 Å². The third kappa shape index (κ3) is 1.42. The molecule has 3 rings (SSSR count). The fraction of sp³-hybridized carbons (Fsp3) is 0.500. The van der Waals surface area contributed by atoms with Crippen LogP contribution in [0.3, 0.4) is 0 Å². The maximum absolute atomic E-state index is 5.72. The van der Waals surface area contributed by atoms with Gasteiger partial charge in [-0.3, -0.25) is 4.40 Å². The van der Waals surface area contributed by atoms with Crippen molar-refractivity contribution in [3.8, 4) is 0 Å². The minimum Gasteiger partial charge on any atom is -0.381 e. The van der Waals surface area contributed by atoms with E-state index in [9.17, 15) is 0 Å². The average molecular weight is 219 g/mol. The van der Waals surface area contributed by atoms with Gasteiger partial charge < -0.3 is 10.5 Å². The molecular weight excluding hydrogens is 206 g/mol. The Morgan fingerprint density at radius 3 is 3.12 bits per heavy atom. The van der Waals surface area contributed by atoms with Gasteiger partial charge in [0, 0.05) is 19.0 Å². The molecule has 0 saturated carbocycles. The molecule has 0 aliphatic carbocycles. The van der Waals surface area contributed by atoms with E-state index in [0.29, 0.717) is 11.5 Å². The topological polar surface area (TPSA) is 78.3 Å². The number of anilines is 1. The van der Waals surface area contributed by atoms with E-state index in [1.54, 1.807) is 6.20 Å². The van der Waals surface area contributed by atoms with Gasteiger partial charge in [0.2, 0.25) is 5.65 Å².